The lowest BCUT2D eigenvalue weighted by atomic mass is 10.1. The highest BCUT2D eigenvalue weighted by molar-refractivity contribution is 6.34. The minimum atomic E-state index is 0.545. The number of ether oxygens (including phenoxy) is 2. The Morgan fingerprint density at radius 3 is 2.84 bits per heavy atom. The van der Waals surface area contributed by atoms with Crippen molar-refractivity contribution in [2.45, 2.75) is 6.42 Å². The monoisotopic (exact) mass is 279 g/mol. The van der Waals surface area contributed by atoms with Crippen LogP contribution < -0.4 is 15.2 Å². The molecule has 2 N–H and O–H groups in total. The minimum Gasteiger partial charge on any atom is -0.490 e. The van der Waals surface area contributed by atoms with Crippen LogP contribution in [0.4, 0.5) is 5.82 Å². The molecule has 1 aliphatic rings. The van der Waals surface area contributed by atoms with E-state index in [0.29, 0.717) is 35.6 Å². The third-order valence-electron chi connectivity index (χ3n) is 3.12. The highest BCUT2D eigenvalue weighted by Crippen LogP contribution is 2.45. The van der Waals surface area contributed by atoms with Gasteiger partial charge in [0.05, 0.1) is 30.0 Å². The first-order valence-electron chi connectivity index (χ1n) is 6.04. The van der Waals surface area contributed by atoms with Crippen LogP contribution in [0, 0.1) is 0 Å². The van der Waals surface area contributed by atoms with Gasteiger partial charge in [0.25, 0.3) is 0 Å². The second kappa shape index (κ2) is 4.66. The second-order valence-electron chi connectivity index (χ2n) is 4.37. The number of hydrogen-bond acceptors (Lipinski definition) is 4. The van der Waals surface area contributed by atoms with Gasteiger partial charge in [0.2, 0.25) is 0 Å². The molecule has 2 heterocycles. The average Bonchev–Trinajstić information content (AvgIpc) is 2.63. The Morgan fingerprint density at radius 1 is 1.32 bits per heavy atom. The molecule has 0 radical (unpaired) electrons. The predicted molar refractivity (Wildman–Crippen MR) is 73.7 cm³/mol. The smallest absolute Gasteiger partial charge is 0.170 e. The zero-order valence-electron chi connectivity index (χ0n) is 10.5. The van der Waals surface area contributed by atoms with Crippen LogP contribution in [0.25, 0.3) is 11.1 Å². The number of hydrogen-bond donors (Lipinski definition) is 1. The average molecular weight is 280 g/mol. The quantitative estimate of drug-likeness (QED) is 0.871. The third kappa shape index (κ3) is 2.00. The highest BCUT2D eigenvalue weighted by atomic mass is 35.5. The first-order valence-corrected chi connectivity index (χ1v) is 6.42. The molecule has 0 fully saturated rings. The zero-order valence-corrected chi connectivity index (χ0v) is 11.3. The molecule has 2 aromatic rings. The number of fused-ring (bicyclic) bond motifs is 1. The summed E-state index contributed by atoms with van der Waals surface area (Å²) < 4.78 is 13.0. The Morgan fingerprint density at radius 2 is 2.11 bits per heavy atom. The van der Waals surface area contributed by atoms with Crippen molar-refractivity contribution < 1.29 is 9.47 Å². The summed E-state index contributed by atoms with van der Waals surface area (Å²) in [5.41, 5.74) is 7.52. The molecule has 3 rings (SSSR count). The predicted octanol–water partition coefficient (Wildman–Crippen LogP) is 2.48. The topological polar surface area (TPSA) is 62.3 Å². The fraction of sp³-hybridized carbons (Fsp3) is 0.308. The molecule has 1 aromatic heterocycles. The van der Waals surface area contributed by atoms with E-state index >= 15 is 0 Å². The molecule has 0 amide bonds. The fourth-order valence-corrected chi connectivity index (χ4v) is 2.35. The Balaban J connectivity index is 2.22. The van der Waals surface area contributed by atoms with E-state index in [1.165, 1.54) is 0 Å². The van der Waals surface area contributed by atoms with Gasteiger partial charge in [-0.05, 0) is 12.1 Å². The standard InChI is InChI=1S/C13H14ClN3O2/c1-17-13(15)8(7-16-17)11-9(14)3-4-10-12(11)19-6-2-5-18-10/h3-4,7H,2,5-6,15H2,1H3. The van der Waals surface area contributed by atoms with Crippen LogP contribution in [0.15, 0.2) is 18.3 Å². The maximum atomic E-state index is 6.30. The van der Waals surface area contributed by atoms with Crippen LogP contribution in [0.1, 0.15) is 6.42 Å². The summed E-state index contributed by atoms with van der Waals surface area (Å²) in [5, 5.41) is 4.72. The van der Waals surface area contributed by atoms with E-state index in [2.05, 4.69) is 5.10 Å². The lowest BCUT2D eigenvalue weighted by Gasteiger charge is -2.13. The van der Waals surface area contributed by atoms with Crippen LogP contribution in [-0.4, -0.2) is 23.0 Å². The van der Waals surface area contributed by atoms with Crippen molar-refractivity contribution in [1.82, 2.24) is 9.78 Å². The van der Waals surface area contributed by atoms with Gasteiger partial charge in [-0.1, -0.05) is 11.6 Å². The minimum absolute atomic E-state index is 0.545. The van der Waals surface area contributed by atoms with Gasteiger partial charge in [0.1, 0.15) is 5.82 Å². The molecule has 0 bridgehead atoms. The van der Waals surface area contributed by atoms with Crippen molar-refractivity contribution in [3.63, 3.8) is 0 Å². The summed E-state index contributed by atoms with van der Waals surface area (Å²) in [6.45, 7) is 1.23. The molecule has 0 spiro atoms. The molecule has 0 atom stereocenters. The van der Waals surface area contributed by atoms with Gasteiger partial charge in [0, 0.05) is 19.0 Å². The van der Waals surface area contributed by atoms with Gasteiger partial charge in [-0.15, -0.1) is 0 Å². The maximum absolute atomic E-state index is 6.30. The van der Waals surface area contributed by atoms with Crippen molar-refractivity contribution in [2.24, 2.45) is 7.05 Å². The maximum Gasteiger partial charge on any atom is 0.170 e. The van der Waals surface area contributed by atoms with Gasteiger partial charge in [-0.2, -0.15) is 5.10 Å². The largest absolute Gasteiger partial charge is 0.490 e. The Labute approximate surface area is 115 Å². The lowest BCUT2D eigenvalue weighted by molar-refractivity contribution is 0.297. The van der Waals surface area contributed by atoms with Crippen molar-refractivity contribution in [3.8, 4) is 22.6 Å². The molecule has 19 heavy (non-hydrogen) atoms. The summed E-state index contributed by atoms with van der Waals surface area (Å²) >= 11 is 6.30. The number of aromatic nitrogens is 2. The van der Waals surface area contributed by atoms with Gasteiger partial charge < -0.3 is 15.2 Å². The van der Waals surface area contributed by atoms with Crippen LogP contribution in [0.3, 0.4) is 0 Å². The van der Waals surface area contributed by atoms with E-state index in [9.17, 15) is 0 Å². The van der Waals surface area contributed by atoms with E-state index < -0.39 is 0 Å². The Hall–Kier alpha value is -1.88. The van der Waals surface area contributed by atoms with Gasteiger partial charge in [-0.25, -0.2) is 0 Å². The molecule has 0 unspecified atom stereocenters. The number of anilines is 1. The summed E-state index contributed by atoms with van der Waals surface area (Å²) in [5.74, 6) is 1.88. The Kier molecular flexibility index (Phi) is 2.98. The third-order valence-corrected chi connectivity index (χ3v) is 3.43. The number of benzene rings is 1. The first-order chi connectivity index (χ1) is 9.18. The molecular formula is C13H14ClN3O2. The summed E-state index contributed by atoms with van der Waals surface area (Å²) in [6, 6.07) is 3.61. The second-order valence-corrected chi connectivity index (χ2v) is 4.77. The molecule has 100 valence electrons. The summed E-state index contributed by atoms with van der Waals surface area (Å²) in [4.78, 5) is 0. The molecule has 6 heteroatoms. The molecular weight excluding hydrogens is 266 g/mol. The van der Waals surface area contributed by atoms with Gasteiger partial charge in [0.15, 0.2) is 11.5 Å². The number of aryl methyl sites for hydroxylation is 1. The molecule has 5 nitrogen and oxygen atoms in total. The number of nitrogens with two attached hydrogens (primary N) is 1. The lowest BCUT2D eigenvalue weighted by Crippen LogP contribution is -2.00. The highest BCUT2D eigenvalue weighted by Gasteiger charge is 2.22. The number of halogens is 1. The van der Waals surface area contributed by atoms with Crippen molar-refractivity contribution in [3.05, 3.63) is 23.4 Å². The number of nitrogen functional groups attached to an aromatic ring is 1. The molecule has 0 aliphatic carbocycles. The van der Waals surface area contributed by atoms with Crippen molar-refractivity contribution in [2.75, 3.05) is 18.9 Å². The van der Waals surface area contributed by atoms with Crippen molar-refractivity contribution in [1.29, 1.82) is 0 Å². The van der Waals surface area contributed by atoms with E-state index in [0.717, 1.165) is 17.5 Å². The van der Waals surface area contributed by atoms with Crippen LogP contribution in [-0.2, 0) is 7.05 Å². The fourth-order valence-electron chi connectivity index (χ4n) is 2.10. The first kappa shape index (κ1) is 12.2. The van der Waals surface area contributed by atoms with E-state index in [4.69, 9.17) is 26.8 Å². The molecule has 1 aromatic carbocycles. The van der Waals surface area contributed by atoms with Crippen LogP contribution in [0.2, 0.25) is 5.02 Å². The van der Waals surface area contributed by atoms with E-state index in [1.54, 1.807) is 24.0 Å². The molecule has 1 aliphatic heterocycles. The SMILES string of the molecule is Cn1ncc(-c2c(Cl)ccc3c2OCCCO3)c1N. The van der Waals surface area contributed by atoms with Crippen LogP contribution in [0.5, 0.6) is 11.5 Å². The number of rotatable bonds is 1. The summed E-state index contributed by atoms with van der Waals surface area (Å²) in [6.07, 6.45) is 2.53. The summed E-state index contributed by atoms with van der Waals surface area (Å²) in [7, 11) is 1.78. The molecule has 0 saturated carbocycles. The normalized spacial score (nSPS) is 14.2. The van der Waals surface area contributed by atoms with Gasteiger partial charge >= 0.3 is 0 Å². The van der Waals surface area contributed by atoms with E-state index in [1.807, 2.05) is 6.07 Å². The van der Waals surface area contributed by atoms with Crippen molar-refractivity contribution >= 4 is 17.4 Å². The molecule has 0 saturated heterocycles. The van der Waals surface area contributed by atoms with Crippen LogP contribution >= 0.6 is 11.6 Å². The van der Waals surface area contributed by atoms with Gasteiger partial charge in [-0.3, -0.25) is 4.68 Å². The van der Waals surface area contributed by atoms with E-state index in [-0.39, 0.29) is 0 Å². The number of nitrogens with zero attached hydrogens (tertiary/aromatic N) is 2. The zero-order chi connectivity index (χ0) is 13.4. The Bertz CT molecular complexity index is 625.